The predicted octanol–water partition coefficient (Wildman–Crippen LogP) is 7.19. The molecule has 4 aromatic rings. The molecule has 0 fully saturated rings. The lowest BCUT2D eigenvalue weighted by atomic mass is 9.75. The van der Waals surface area contributed by atoms with E-state index in [0.717, 1.165) is 27.2 Å². The Hall–Kier alpha value is -3.80. The van der Waals surface area contributed by atoms with Gasteiger partial charge in [0.05, 0.1) is 28.8 Å². The first-order valence-electron chi connectivity index (χ1n) is 13.4. The predicted molar refractivity (Wildman–Crippen MR) is 161 cm³/mol. The highest BCUT2D eigenvalue weighted by Crippen LogP contribution is 2.45. The number of carbonyl (C=O) groups excluding carboxylic acids is 1. The number of fused-ring (bicyclic) bond motifs is 2. The number of rotatable bonds is 7. The Kier molecular flexibility index (Phi) is 7.63. The van der Waals surface area contributed by atoms with Gasteiger partial charge in [0.2, 0.25) is 5.91 Å². The normalized spacial score (nSPS) is 14.0. The van der Waals surface area contributed by atoms with Crippen molar-refractivity contribution in [3.8, 4) is 16.9 Å². The molecule has 11 heteroatoms. The van der Waals surface area contributed by atoms with Crippen molar-refractivity contribution in [3.63, 3.8) is 0 Å². The smallest absolute Gasteiger partial charge is 0.354 e. The van der Waals surface area contributed by atoms with Crippen LogP contribution in [0.15, 0.2) is 82.6 Å². The molecule has 1 amide bonds. The van der Waals surface area contributed by atoms with E-state index in [0.29, 0.717) is 23.4 Å². The van der Waals surface area contributed by atoms with Crippen LogP contribution in [0.3, 0.4) is 0 Å². The molecule has 1 atom stereocenters. The summed E-state index contributed by atoms with van der Waals surface area (Å²) in [5.74, 6) is -0.378. The molecule has 1 aromatic heterocycles. The second-order valence-corrected chi connectivity index (χ2v) is 13.0. The molecule has 5 rings (SSSR count). The van der Waals surface area contributed by atoms with Crippen molar-refractivity contribution in [1.29, 1.82) is 0 Å². The number of nitrogens with two attached hydrogens (primary N) is 2. The van der Waals surface area contributed by atoms with Crippen molar-refractivity contribution >= 4 is 34.7 Å². The van der Waals surface area contributed by atoms with Crippen LogP contribution < -0.4 is 22.1 Å². The first-order chi connectivity index (χ1) is 19.6. The number of nitrogens with one attached hydrogen (secondary N) is 2. The van der Waals surface area contributed by atoms with Gasteiger partial charge in [-0.05, 0) is 80.3 Å². The minimum atomic E-state index is -4.63. The molecule has 1 unspecified atom stereocenters. The molecule has 42 heavy (non-hydrogen) atoms. The van der Waals surface area contributed by atoms with E-state index in [1.165, 1.54) is 4.68 Å². The number of nitrogens with zero attached hydrogens (tertiary/aromatic N) is 2. The summed E-state index contributed by atoms with van der Waals surface area (Å²) in [6, 6.07) is 20.0. The van der Waals surface area contributed by atoms with Crippen LogP contribution in [0.4, 0.5) is 30.2 Å². The maximum atomic E-state index is 13.8. The topological polar surface area (TPSA) is 111 Å². The van der Waals surface area contributed by atoms with Crippen LogP contribution in [-0.4, -0.2) is 27.3 Å². The molecule has 0 aliphatic carbocycles. The molecule has 1 aliphatic rings. The van der Waals surface area contributed by atoms with E-state index in [1.54, 1.807) is 42.1 Å². The minimum Gasteiger partial charge on any atom is -0.354 e. The molecular formula is C31H33F3N6OS. The first-order valence-corrected chi connectivity index (χ1v) is 14.2. The van der Waals surface area contributed by atoms with Crippen molar-refractivity contribution in [1.82, 2.24) is 9.78 Å². The first kappa shape index (κ1) is 29.7. The number of halogens is 3. The van der Waals surface area contributed by atoms with Gasteiger partial charge in [-0.2, -0.15) is 18.3 Å². The van der Waals surface area contributed by atoms with Crippen LogP contribution in [0.25, 0.3) is 16.9 Å². The Morgan fingerprint density at radius 2 is 1.64 bits per heavy atom. The summed E-state index contributed by atoms with van der Waals surface area (Å²) < 4.78 is 42.6. The third-order valence-electron chi connectivity index (χ3n) is 7.07. The van der Waals surface area contributed by atoms with E-state index in [1.807, 2.05) is 64.1 Å². The monoisotopic (exact) mass is 594 g/mol. The lowest BCUT2D eigenvalue weighted by Gasteiger charge is -2.36. The van der Waals surface area contributed by atoms with E-state index in [-0.39, 0.29) is 11.6 Å². The van der Waals surface area contributed by atoms with Crippen LogP contribution in [0.1, 0.15) is 39.8 Å². The van der Waals surface area contributed by atoms with Gasteiger partial charge >= 0.3 is 6.18 Å². The highest BCUT2D eigenvalue weighted by atomic mass is 32.2. The summed E-state index contributed by atoms with van der Waals surface area (Å²) in [7, 11) is 0. The number of para-hydroxylation sites is 1. The molecule has 0 bridgehead atoms. The van der Waals surface area contributed by atoms with Gasteiger partial charge in [-0.25, -0.2) is 4.68 Å². The lowest BCUT2D eigenvalue weighted by Crippen LogP contribution is -2.51. The number of hydrogen-bond acceptors (Lipinski definition) is 6. The molecular weight excluding hydrogens is 561 g/mol. The molecule has 3 aromatic carbocycles. The summed E-state index contributed by atoms with van der Waals surface area (Å²) in [5.41, 5.74) is 13.8. The Bertz CT molecular complexity index is 1620. The average molecular weight is 595 g/mol. The fraction of sp³-hybridized carbons (Fsp3) is 0.290. The molecule has 6 N–H and O–H groups in total. The summed E-state index contributed by atoms with van der Waals surface area (Å²) in [6.45, 7) is 7.54. The zero-order valence-electron chi connectivity index (χ0n) is 23.7. The number of benzene rings is 3. The molecule has 7 nitrogen and oxygen atoms in total. The van der Waals surface area contributed by atoms with Crippen molar-refractivity contribution in [2.75, 3.05) is 10.6 Å². The Labute approximate surface area is 246 Å². The zero-order chi connectivity index (χ0) is 30.4. The van der Waals surface area contributed by atoms with E-state index in [9.17, 15) is 18.0 Å². The summed E-state index contributed by atoms with van der Waals surface area (Å²) in [6.07, 6.45) is -4.10. The molecule has 1 aliphatic heterocycles. The fourth-order valence-corrected chi connectivity index (χ4v) is 6.23. The van der Waals surface area contributed by atoms with Crippen LogP contribution in [-0.2, 0) is 11.0 Å². The SMILES string of the molecule is CC(C)(N)CC(C)(C)C(N)C(=O)Nc1ccc(-n2nc(C(F)(F)F)cc2-c2ccc3c(c2)Nc2ccccc2S3)cc1. The van der Waals surface area contributed by atoms with Crippen LogP contribution in [0.2, 0.25) is 0 Å². The van der Waals surface area contributed by atoms with Gasteiger partial charge in [0.1, 0.15) is 0 Å². The summed E-state index contributed by atoms with van der Waals surface area (Å²) >= 11 is 1.59. The van der Waals surface area contributed by atoms with E-state index >= 15 is 0 Å². The van der Waals surface area contributed by atoms with Crippen LogP contribution >= 0.6 is 11.8 Å². The van der Waals surface area contributed by atoms with Crippen LogP contribution in [0.5, 0.6) is 0 Å². The van der Waals surface area contributed by atoms with Crippen molar-refractivity contribution in [2.24, 2.45) is 16.9 Å². The van der Waals surface area contributed by atoms with Gasteiger partial charge in [0.15, 0.2) is 5.69 Å². The van der Waals surface area contributed by atoms with Gasteiger partial charge in [0, 0.05) is 26.6 Å². The van der Waals surface area contributed by atoms with Gasteiger partial charge in [0.25, 0.3) is 0 Å². The molecule has 220 valence electrons. The molecule has 0 spiro atoms. The number of hydrogen-bond donors (Lipinski definition) is 4. The van der Waals surface area contributed by atoms with E-state index < -0.39 is 28.9 Å². The van der Waals surface area contributed by atoms with Gasteiger partial charge < -0.3 is 22.1 Å². The Balaban J connectivity index is 1.42. The lowest BCUT2D eigenvalue weighted by molar-refractivity contribution is -0.141. The summed E-state index contributed by atoms with van der Waals surface area (Å²) in [4.78, 5) is 15.0. The quantitative estimate of drug-likeness (QED) is 0.159. The molecule has 2 heterocycles. The molecule has 0 saturated carbocycles. The number of carbonyl (C=O) groups is 1. The van der Waals surface area contributed by atoms with Crippen molar-refractivity contribution in [2.45, 2.75) is 61.7 Å². The third-order valence-corrected chi connectivity index (χ3v) is 8.22. The highest BCUT2D eigenvalue weighted by Gasteiger charge is 2.37. The van der Waals surface area contributed by atoms with Gasteiger partial charge in [-0.15, -0.1) is 0 Å². The number of aromatic nitrogens is 2. The zero-order valence-corrected chi connectivity index (χ0v) is 24.5. The van der Waals surface area contributed by atoms with Crippen LogP contribution in [0, 0.1) is 5.41 Å². The highest BCUT2D eigenvalue weighted by molar-refractivity contribution is 7.99. The van der Waals surface area contributed by atoms with Crippen molar-refractivity contribution in [3.05, 3.63) is 78.5 Å². The Morgan fingerprint density at radius 3 is 2.31 bits per heavy atom. The second kappa shape index (κ2) is 10.8. The standard InChI is InChI=1S/C31H33F3N6OS/c1-29(2,17-30(3,4)36)27(35)28(41)37-19-10-12-20(13-11-19)40-23(16-26(39-40)31(32,33)34)18-9-14-25-22(15-18)38-21-7-5-6-8-24(21)42-25/h5-16,27,38H,17,35-36H2,1-4H3,(H,37,41). The largest absolute Gasteiger partial charge is 0.435 e. The van der Waals surface area contributed by atoms with Gasteiger partial charge in [-0.3, -0.25) is 4.79 Å². The molecule has 0 saturated heterocycles. The summed E-state index contributed by atoms with van der Waals surface area (Å²) in [5, 5.41) is 10.1. The third kappa shape index (κ3) is 6.33. The van der Waals surface area contributed by atoms with E-state index in [4.69, 9.17) is 11.5 Å². The fourth-order valence-electron chi connectivity index (χ4n) is 5.27. The number of alkyl halides is 3. The average Bonchev–Trinajstić information content (AvgIpc) is 3.36. The second-order valence-electron chi connectivity index (χ2n) is 11.9. The van der Waals surface area contributed by atoms with Gasteiger partial charge in [-0.1, -0.05) is 43.8 Å². The maximum absolute atomic E-state index is 13.8. The number of amides is 1. The minimum absolute atomic E-state index is 0.278. The van der Waals surface area contributed by atoms with E-state index in [2.05, 4.69) is 15.7 Å². The molecule has 0 radical (unpaired) electrons. The Morgan fingerprint density at radius 1 is 0.976 bits per heavy atom. The van der Waals surface area contributed by atoms with Crippen molar-refractivity contribution < 1.29 is 18.0 Å². The maximum Gasteiger partial charge on any atom is 0.435 e. The number of anilines is 3.